The summed E-state index contributed by atoms with van der Waals surface area (Å²) in [6, 6.07) is 7.15. The molecule has 0 saturated heterocycles. The average Bonchev–Trinajstić information content (AvgIpc) is 2.38. The van der Waals surface area contributed by atoms with Crippen LogP contribution in [0.5, 0.6) is 5.75 Å². The van der Waals surface area contributed by atoms with Crippen LogP contribution in [0.3, 0.4) is 0 Å². The first-order valence-corrected chi connectivity index (χ1v) is 6.21. The molecule has 1 aromatic heterocycles. The van der Waals surface area contributed by atoms with E-state index in [2.05, 4.69) is 20.9 Å². The Bertz CT molecular complexity index is 560. The van der Waals surface area contributed by atoms with Gasteiger partial charge in [-0.15, -0.1) is 0 Å². The first kappa shape index (κ1) is 12.9. The highest BCUT2D eigenvalue weighted by Gasteiger charge is 2.13. The van der Waals surface area contributed by atoms with E-state index >= 15 is 0 Å². The molecule has 1 unspecified atom stereocenters. The van der Waals surface area contributed by atoms with Crippen molar-refractivity contribution in [2.75, 3.05) is 12.8 Å². The number of benzene rings is 1. The van der Waals surface area contributed by atoms with E-state index in [4.69, 9.17) is 16.2 Å². The first-order valence-electron chi connectivity index (χ1n) is 5.42. The van der Waals surface area contributed by atoms with Crippen molar-refractivity contribution in [2.45, 2.75) is 6.04 Å². The van der Waals surface area contributed by atoms with Crippen LogP contribution in [0.25, 0.3) is 0 Å². The zero-order valence-corrected chi connectivity index (χ0v) is 11.5. The number of halogens is 1. The van der Waals surface area contributed by atoms with Gasteiger partial charge >= 0.3 is 0 Å². The van der Waals surface area contributed by atoms with Gasteiger partial charge in [-0.1, -0.05) is 6.07 Å². The second kappa shape index (κ2) is 5.37. The lowest BCUT2D eigenvalue weighted by Gasteiger charge is -2.15. The summed E-state index contributed by atoms with van der Waals surface area (Å²) >= 11 is 3.44. The van der Waals surface area contributed by atoms with Gasteiger partial charge in [0, 0.05) is 23.6 Å². The third kappa shape index (κ3) is 2.47. The van der Waals surface area contributed by atoms with Crippen LogP contribution < -0.4 is 16.2 Å². The van der Waals surface area contributed by atoms with Crippen molar-refractivity contribution >= 4 is 21.6 Å². The Morgan fingerprint density at radius 1 is 1.33 bits per heavy atom. The molecule has 1 aromatic carbocycles. The number of rotatable bonds is 3. The highest BCUT2D eigenvalue weighted by molar-refractivity contribution is 9.10. The van der Waals surface area contributed by atoms with Gasteiger partial charge in [0.05, 0.1) is 17.6 Å². The van der Waals surface area contributed by atoms with Gasteiger partial charge in [-0.2, -0.15) is 0 Å². The first-order chi connectivity index (χ1) is 8.63. The summed E-state index contributed by atoms with van der Waals surface area (Å²) in [5.74, 6) is 0.769. The van der Waals surface area contributed by atoms with Crippen molar-refractivity contribution < 1.29 is 4.74 Å². The normalized spacial score (nSPS) is 12.2. The Morgan fingerprint density at radius 2 is 2.11 bits per heavy atom. The summed E-state index contributed by atoms with van der Waals surface area (Å²) in [4.78, 5) is 4.05. The second-order valence-electron chi connectivity index (χ2n) is 3.88. The fraction of sp³-hybridized carbons (Fsp3) is 0.154. The van der Waals surface area contributed by atoms with Crippen molar-refractivity contribution in [1.82, 2.24) is 4.98 Å². The highest BCUT2D eigenvalue weighted by Crippen LogP contribution is 2.30. The topological polar surface area (TPSA) is 74.2 Å². The minimum absolute atomic E-state index is 0.305. The zero-order chi connectivity index (χ0) is 13.1. The monoisotopic (exact) mass is 307 g/mol. The van der Waals surface area contributed by atoms with Gasteiger partial charge < -0.3 is 16.2 Å². The number of nitrogens with zero attached hydrogens (tertiary/aromatic N) is 1. The van der Waals surface area contributed by atoms with E-state index in [1.54, 1.807) is 25.6 Å². The number of ether oxygens (including phenoxy) is 1. The molecule has 0 amide bonds. The van der Waals surface area contributed by atoms with E-state index in [1.807, 2.05) is 18.2 Å². The van der Waals surface area contributed by atoms with Crippen LogP contribution in [0.4, 0.5) is 5.69 Å². The Morgan fingerprint density at radius 3 is 2.72 bits per heavy atom. The molecule has 2 rings (SSSR count). The quantitative estimate of drug-likeness (QED) is 0.913. The SMILES string of the molecule is COc1ccc(C(N)c2cnccc2N)cc1Br. The van der Waals surface area contributed by atoms with Gasteiger partial charge in [0.2, 0.25) is 0 Å². The van der Waals surface area contributed by atoms with E-state index in [-0.39, 0.29) is 6.04 Å². The fourth-order valence-corrected chi connectivity index (χ4v) is 2.29. The smallest absolute Gasteiger partial charge is 0.133 e. The molecule has 0 bridgehead atoms. The lowest BCUT2D eigenvalue weighted by molar-refractivity contribution is 0.412. The van der Waals surface area contributed by atoms with Crippen LogP contribution in [0.15, 0.2) is 41.1 Å². The lowest BCUT2D eigenvalue weighted by atomic mass is 10.00. The van der Waals surface area contributed by atoms with Crippen molar-refractivity contribution in [3.05, 3.63) is 52.3 Å². The Hall–Kier alpha value is -1.59. The van der Waals surface area contributed by atoms with Crippen LogP contribution >= 0.6 is 15.9 Å². The van der Waals surface area contributed by atoms with Gasteiger partial charge in [-0.05, 0) is 39.7 Å². The van der Waals surface area contributed by atoms with Crippen molar-refractivity contribution in [2.24, 2.45) is 5.73 Å². The summed E-state index contributed by atoms with van der Waals surface area (Å²) < 4.78 is 6.05. The maximum atomic E-state index is 6.20. The molecule has 1 atom stereocenters. The number of methoxy groups -OCH3 is 1. The number of anilines is 1. The lowest BCUT2D eigenvalue weighted by Crippen LogP contribution is -2.14. The van der Waals surface area contributed by atoms with Crippen molar-refractivity contribution in [3.8, 4) is 5.75 Å². The third-order valence-corrected chi connectivity index (χ3v) is 3.38. The molecule has 5 heteroatoms. The van der Waals surface area contributed by atoms with Crippen LogP contribution in [0.1, 0.15) is 17.2 Å². The summed E-state index contributed by atoms with van der Waals surface area (Å²) in [7, 11) is 1.62. The van der Waals surface area contributed by atoms with E-state index in [1.165, 1.54) is 0 Å². The molecule has 4 N–H and O–H groups in total. The predicted octanol–water partition coefficient (Wildman–Crippen LogP) is 2.48. The Labute approximate surface area is 114 Å². The van der Waals surface area contributed by atoms with E-state index in [0.29, 0.717) is 5.69 Å². The van der Waals surface area contributed by atoms with Crippen molar-refractivity contribution in [1.29, 1.82) is 0 Å². The van der Waals surface area contributed by atoms with Crippen LogP contribution in [0.2, 0.25) is 0 Å². The standard InChI is InChI=1S/C13H14BrN3O/c1-18-12-3-2-8(6-10(12)14)13(16)9-7-17-5-4-11(9)15/h2-7,13H,16H2,1H3,(H2,15,17). The molecule has 2 aromatic rings. The summed E-state index contributed by atoms with van der Waals surface area (Å²) in [6.07, 6.45) is 3.34. The Balaban J connectivity index is 2.37. The third-order valence-electron chi connectivity index (χ3n) is 2.76. The minimum atomic E-state index is -0.305. The van der Waals surface area contributed by atoms with E-state index < -0.39 is 0 Å². The number of nitrogens with two attached hydrogens (primary N) is 2. The summed E-state index contributed by atoms with van der Waals surface area (Å²) in [6.45, 7) is 0. The molecule has 4 nitrogen and oxygen atoms in total. The average molecular weight is 308 g/mol. The molecular formula is C13H14BrN3O. The molecule has 0 saturated carbocycles. The largest absolute Gasteiger partial charge is 0.496 e. The molecule has 0 radical (unpaired) electrons. The number of hydrogen-bond acceptors (Lipinski definition) is 4. The predicted molar refractivity (Wildman–Crippen MR) is 75.4 cm³/mol. The van der Waals surface area contributed by atoms with Crippen molar-refractivity contribution in [3.63, 3.8) is 0 Å². The zero-order valence-electron chi connectivity index (χ0n) is 9.93. The maximum absolute atomic E-state index is 6.20. The molecule has 0 spiro atoms. The second-order valence-corrected chi connectivity index (χ2v) is 4.73. The van der Waals surface area contributed by atoms with Crippen LogP contribution in [0, 0.1) is 0 Å². The number of aromatic nitrogens is 1. The molecule has 0 aliphatic heterocycles. The molecule has 0 aliphatic rings. The fourth-order valence-electron chi connectivity index (χ4n) is 1.73. The van der Waals surface area contributed by atoms with Crippen LogP contribution in [-0.2, 0) is 0 Å². The number of pyridine rings is 1. The summed E-state index contributed by atoms with van der Waals surface area (Å²) in [5.41, 5.74) is 14.5. The number of hydrogen-bond donors (Lipinski definition) is 2. The van der Waals surface area contributed by atoms with Gasteiger partial charge in [0.25, 0.3) is 0 Å². The Kier molecular flexibility index (Phi) is 3.84. The van der Waals surface area contributed by atoms with Gasteiger partial charge in [-0.25, -0.2) is 0 Å². The molecular weight excluding hydrogens is 294 g/mol. The molecule has 94 valence electrons. The van der Waals surface area contributed by atoms with E-state index in [9.17, 15) is 0 Å². The van der Waals surface area contributed by atoms with E-state index in [0.717, 1.165) is 21.3 Å². The molecule has 1 heterocycles. The van der Waals surface area contributed by atoms with Gasteiger partial charge in [0.1, 0.15) is 5.75 Å². The molecule has 0 aliphatic carbocycles. The van der Waals surface area contributed by atoms with Crippen LogP contribution in [-0.4, -0.2) is 12.1 Å². The van der Waals surface area contributed by atoms with Gasteiger partial charge in [-0.3, -0.25) is 4.98 Å². The molecule has 18 heavy (non-hydrogen) atoms. The summed E-state index contributed by atoms with van der Waals surface area (Å²) in [5, 5.41) is 0. The molecule has 0 fully saturated rings. The minimum Gasteiger partial charge on any atom is -0.496 e. The maximum Gasteiger partial charge on any atom is 0.133 e. The number of nitrogen functional groups attached to an aromatic ring is 1. The highest BCUT2D eigenvalue weighted by atomic mass is 79.9. The van der Waals surface area contributed by atoms with Gasteiger partial charge in [0.15, 0.2) is 0 Å².